The lowest BCUT2D eigenvalue weighted by atomic mass is 10.1. The van der Waals surface area contributed by atoms with Crippen LogP contribution in [0.15, 0.2) is 60.8 Å². The van der Waals surface area contributed by atoms with Crippen molar-refractivity contribution in [1.29, 1.82) is 0 Å². The normalized spacial score (nSPS) is 12.4. The Labute approximate surface area is 237 Å². The molecule has 0 radical (unpaired) electrons. The molecule has 0 aliphatic rings. The van der Waals surface area contributed by atoms with Gasteiger partial charge in [0.25, 0.3) is 0 Å². The van der Waals surface area contributed by atoms with E-state index in [0.29, 0.717) is 13.0 Å². The molecule has 0 spiro atoms. The summed E-state index contributed by atoms with van der Waals surface area (Å²) in [7, 11) is 0. The molecule has 0 unspecified atom stereocenters. The molecule has 218 valence electrons. The van der Waals surface area contributed by atoms with Crippen LogP contribution in [-0.4, -0.2) is 12.6 Å². The molecule has 0 bridgehead atoms. The van der Waals surface area contributed by atoms with Gasteiger partial charge in [0.15, 0.2) is 0 Å². The van der Waals surface area contributed by atoms with Gasteiger partial charge in [0.1, 0.15) is 0 Å². The quantitative estimate of drug-likeness (QED) is 0.0575. The van der Waals surface area contributed by atoms with E-state index < -0.39 is 0 Å². The molecule has 0 saturated heterocycles. The van der Waals surface area contributed by atoms with Crippen molar-refractivity contribution in [2.45, 2.75) is 155 Å². The Balaban J connectivity index is 3.31. The molecule has 0 saturated carbocycles. The minimum Gasteiger partial charge on any atom is -0.466 e. The SMILES string of the molecule is CC/C=C/C/C=C/C/C=C/CCCCCCCCOC(=O)CCCCCCC/C=C/C/C=C/CCCCC. The smallest absolute Gasteiger partial charge is 0.305 e. The third kappa shape index (κ3) is 32.2. The zero-order valence-electron chi connectivity index (χ0n) is 25.4. The Bertz CT molecular complexity index is 623. The number of ether oxygens (including phenoxy) is 1. The number of esters is 1. The van der Waals surface area contributed by atoms with Crippen molar-refractivity contribution in [3.63, 3.8) is 0 Å². The van der Waals surface area contributed by atoms with Gasteiger partial charge in [-0.1, -0.05) is 132 Å². The zero-order chi connectivity index (χ0) is 27.6. The van der Waals surface area contributed by atoms with E-state index in [2.05, 4.69) is 74.6 Å². The summed E-state index contributed by atoms with van der Waals surface area (Å²) in [6, 6.07) is 0. The van der Waals surface area contributed by atoms with Gasteiger partial charge in [-0.05, 0) is 77.0 Å². The van der Waals surface area contributed by atoms with Gasteiger partial charge < -0.3 is 4.74 Å². The lowest BCUT2D eigenvalue weighted by molar-refractivity contribution is -0.143. The number of hydrogen-bond donors (Lipinski definition) is 0. The molecule has 2 nitrogen and oxygen atoms in total. The van der Waals surface area contributed by atoms with Crippen LogP contribution in [-0.2, 0) is 9.53 Å². The van der Waals surface area contributed by atoms with Gasteiger partial charge in [-0.15, -0.1) is 0 Å². The van der Waals surface area contributed by atoms with Crippen LogP contribution in [0.1, 0.15) is 155 Å². The van der Waals surface area contributed by atoms with Gasteiger partial charge in [-0.25, -0.2) is 0 Å². The van der Waals surface area contributed by atoms with Gasteiger partial charge in [-0.2, -0.15) is 0 Å². The minimum atomic E-state index is -0.00487. The average molecular weight is 527 g/mol. The molecule has 0 rings (SSSR count). The molecule has 0 fully saturated rings. The molecule has 2 heteroatoms. The molecule has 0 atom stereocenters. The zero-order valence-corrected chi connectivity index (χ0v) is 25.4. The lowest BCUT2D eigenvalue weighted by Gasteiger charge is -2.05. The molecule has 0 N–H and O–H groups in total. The van der Waals surface area contributed by atoms with Crippen LogP contribution in [0.4, 0.5) is 0 Å². The van der Waals surface area contributed by atoms with Crippen molar-refractivity contribution in [2.24, 2.45) is 0 Å². The van der Waals surface area contributed by atoms with Gasteiger partial charge in [0, 0.05) is 6.42 Å². The van der Waals surface area contributed by atoms with Crippen LogP contribution in [0.25, 0.3) is 0 Å². The second-order valence-electron chi connectivity index (χ2n) is 10.4. The molecule has 0 amide bonds. The molecule has 0 aromatic carbocycles. The van der Waals surface area contributed by atoms with Crippen molar-refractivity contribution in [3.8, 4) is 0 Å². The fourth-order valence-electron chi connectivity index (χ4n) is 4.24. The second-order valence-corrected chi connectivity index (χ2v) is 10.4. The maximum absolute atomic E-state index is 11.9. The largest absolute Gasteiger partial charge is 0.466 e. The number of carbonyl (C=O) groups excluding carboxylic acids is 1. The Morgan fingerprint density at radius 1 is 0.474 bits per heavy atom. The molecule has 38 heavy (non-hydrogen) atoms. The van der Waals surface area contributed by atoms with E-state index in [9.17, 15) is 4.79 Å². The molecule has 0 aliphatic carbocycles. The van der Waals surface area contributed by atoms with Crippen LogP contribution in [0.3, 0.4) is 0 Å². The summed E-state index contributed by atoms with van der Waals surface area (Å²) in [6.45, 7) is 5.02. The Hall–Kier alpha value is -1.83. The van der Waals surface area contributed by atoms with Crippen molar-refractivity contribution in [2.75, 3.05) is 6.61 Å². The van der Waals surface area contributed by atoms with Crippen molar-refractivity contribution in [3.05, 3.63) is 60.8 Å². The first kappa shape index (κ1) is 36.2. The highest BCUT2D eigenvalue weighted by atomic mass is 16.5. The number of hydrogen-bond acceptors (Lipinski definition) is 2. The molecule has 0 aromatic rings. The van der Waals surface area contributed by atoms with Gasteiger partial charge >= 0.3 is 5.97 Å². The third-order valence-electron chi connectivity index (χ3n) is 6.64. The average Bonchev–Trinajstić information content (AvgIpc) is 2.92. The van der Waals surface area contributed by atoms with E-state index in [1.807, 2.05) is 0 Å². The van der Waals surface area contributed by atoms with Crippen molar-refractivity contribution < 1.29 is 9.53 Å². The molecular weight excluding hydrogens is 464 g/mol. The Morgan fingerprint density at radius 2 is 0.895 bits per heavy atom. The third-order valence-corrected chi connectivity index (χ3v) is 6.64. The molecule has 0 aliphatic heterocycles. The van der Waals surface area contributed by atoms with Gasteiger partial charge in [0.2, 0.25) is 0 Å². The molecule has 0 heterocycles. The summed E-state index contributed by atoms with van der Waals surface area (Å²) in [4.78, 5) is 11.9. The van der Waals surface area contributed by atoms with Crippen molar-refractivity contribution >= 4 is 5.97 Å². The molecule has 0 aromatic heterocycles. The van der Waals surface area contributed by atoms with E-state index in [1.165, 1.54) is 89.9 Å². The minimum absolute atomic E-state index is 0.00487. The first-order valence-electron chi connectivity index (χ1n) is 16.2. The van der Waals surface area contributed by atoms with Crippen LogP contribution >= 0.6 is 0 Å². The van der Waals surface area contributed by atoms with Gasteiger partial charge in [-0.3, -0.25) is 4.79 Å². The Kier molecular flexibility index (Phi) is 31.6. The summed E-state index contributed by atoms with van der Waals surface area (Å²) in [6.07, 6.45) is 48.4. The van der Waals surface area contributed by atoms with Crippen LogP contribution in [0.2, 0.25) is 0 Å². The summed E-state index contributed by atoms with van der Waals surface area (Å²) in [5.74, 6) is -0.00487. The van der Waals surface area contributed by atoms with Crippen molar-refractivity contribution in [1.82, 2.24) is 0 Å². The number of unbranched alkanes of at least 4 members (excludes halogenated alkanes) is 14. The van der Waals surface area contributed by atoms with Crippen LogP contribution in [0, 0.1) is 0 Å². The van der Waals surface area contributed by atoms with E-state index in [0.717, 1.165) is 44.9 Å². The topological polar surface area (TPSA) is 26.3 Å². The summed E-state index contributed by atoms with van der Waals surface area (Å²) < 4.78 is 5.41. The fraction of sp³-hybridized carbons (Fsp3) is 0.694. The number of allylic oxidation sites excluding steroid dienone is 10. The number of rotatable bonds is 28. The monoisotopic (exact) mass is 526 g/mol. The fourth-order valence-corrected chi connectivity index (χ4v) is 4.24. The molecular formula is C36H62O2. The van der Waals surface area contributed by atoms with E-state index in [1.54, 1.807) is 0 Å². The standard InChI is InChI=1S/C36H62O2/c1-3-5-7-9-11-13-15-17-19-21-23-25-27-29-31-33-35-38-36(37)34-32-30-28-26-24-22-20-18-16-14-12-10-8-6-4-2/h5,7,11-14,17-20H,3-4,6,8-10,15-16,21-35H2,1-2H3/b7-5+,13-11+,14-12+,19-17+,20-18+. The summed E-state index contributed by atoms with van der Waals surface area (Å²) >= 11 is 0. The van der Waals surface area contributed by atoms with Crippen LogP contribution in [0.5, 0.6) is 0 Å². The predicted octanol–water partition coefficient (Wildman–Crippen LogP) is 11.9. The summed E-state index contributed by atoms with van der Waals surface area (Å²) in [5, 5.41) is 0. The highest BCUT2D eigenvalue weighted by molar-refractivity contribution is 5.69. The van der Waals surface area contributed by atoms with E-state index in [4.69, 9.17) is 4.74 Å². The number of carbonyl (C=O) groups is 1. The highest BCUT2D eigenvalue weighted by Gasteiger charge is 2.02. The van der Waals surface area contributed by atoms with Gasteiger partial charge in [0.05, 0.1) is 6.61 Å². The van der Waals surface area contributed by atoms with E-state index >= 15 is 0 Å². The van der Waals surface area contributed by atoms with Crippen LogP contribution < -0.4 is 0 Å². The van der Waals surface area contributed by atoms with E-state index in [-0.39, 0.29) is 5.97 Å². The lowest BCUT2D eigenvalue weighted by Crippen LogP contribution is -2.05. The predicted molar refractivity (Wildman–Crippen MR) is 170 cm³/mol. The first-order chi connectivity index (χ1) is 18.8. The first-order valence-corrected chi connectivity index (χ1v) is 16.2. The summed E-state index contributed by atoms with van der Waals surface area (Å²) in [5.41, 5.74) is 0. The second kappa shape index (κ2) is 33.2. The maximum atomic E-state index is 11.9. The Morgan fingerprint density at radius 3 is 1.42 bits per heavy atom. The maximum Gasteiger partial charge on any atom is 0.305 e. The highest BCUT2D eigenvalue weighted by Crippen LogP contribution is 2.10.